The van der Waals surface area contributed by atoms with Crippen molar-refractivity contribution in [3.05, 3.63) is 0 Å². The molecule has 0 aliphatic carbocycles. The molecular formula is C12H20N2O. The van der Waals surface area contributed by atoms with E-state index in [9.17, 15) is 4.79 Å². The predicted octanol–water partition coefficient (Wildman–Crippen LogP) is 1.00. The molecule has 1 heterocycles. The molecule has 0 aromatic carbocycles. The molecule has 1 aliphatic heterocycles. The van der Waals surface area contributed by atoms with Crippen molar-refractivity contribution < 1.29 is 4.79 Å². The maximum Gasteiger partial charge on any atom is 0.234 e. The van der Waals surface area contributed by atoms with Crippen molar-refractivity contribution in [3.63, 3.8) is 0 Å². The van der Waals surface area contributed by atoms with Gasteiger partial charge in [-0.2, -0.15) is 0 Å². The molecule has 1 fully saturated rings. The lowest BCUT2D eigenvalue weighted by Gasteiger charge is -2.34. The highest BCUT2D eigenvalue weighted by molar-refractivity contribution is 5.78. The average Bonchev–Trinajstić information content (AvgIpc) is 2.27. The maximum atomic E-state index is 11.8. The molecule has 1 rings (SSSR count). The topological polar surface area (TPSA) is 32.3 Å². The van der Waals surface area contributed by atoms with Crippen LogP contribution < -0.4 is 5.32 Å². The molecule has 1 aliphatic rings. The fraction of sp³-hybridized carbons (Fsp3) is 0.750. The third kappa shape index (κ3) is 3.56. The Morgan fingerprint density at radius 3 is 3.00 bits per heavy atom. The first-order chi connectivity index (χ1) is 7.29. The van der Waals surface area contributed by atoms with Gasteiger partial charge in [-0.3, -0.25) is 4.79 Å². The van der Waals surface area contributed by atoms with Gasteiger partial charge in [-0.1, -0.05) is 12.8 Å². The van der Waals surface area contributed by atoms with E-state index in [1.165, 1.54) is 0 Å². The van der Waals surface area contributed by atoms with E-state index in [0.29, 0.717) is 6.04 Å². The Morgan fingerprint density at radius 1 is 1.67 bits per heavy atom. The molecule has 0 bridgehead atoms. The van der Waals surface area contributed by atoms with Crippen molar-refractivity contribution in [2.24, 2.45) is 0 Å². The van der Waals surface area contributed by atoms with Crippen LogP contribution in [0.5, 0.6) is 0 Å². The van der Waals surface area contributed by atoms with Gasteiger partial charge < -0.3 is 10.2 Å². The Labute approximate surface area is 92.2 Å². The number of carbonyl (C=O) groups is 1. The van der Waals surface area contributed by atoms with Crippen molar-refractivity contribution in [1.82, 2.24) is 10.2 Å². The third-order valence-electron chi connectivity index (χ3n) is 2.75. The summed E-state index contributed by atoms with van der Waals surface area (Å²) in [6.45, 7) is 4.90. The monoisotopic (exact) mass is 208 g/mol. The minimum atomic E-state index is 0.105. The van der Waals surface area contributed by atoms with E-state index in [0.717, 1.165) is 38.9 Å². The lowest BCUT2D eigenvalue weighted by Crippen LogP contribution is -2.48. The first kappa shape index (κ1) is 12.1. The minimum absolute atomic E-state index is 0.105. The maximum absolute atomic E-state index is 11.8. The quantitative estimate of drug-likeness (QED) is 0.699. The van der Waals surface area contributed by atoms with Crippen LogP contribution >= 0.6 is 0 Å². The Kier molecular flexibility index (Phi) is 5.20. The average molecular weight is 208 g/mol. The van der Waals surface area contributed by atoms with E-state index in [1.54, 1.807) is 0 Å². The fourth-order valence-electron chi connectivity index (χ4n) is 2.04. The Hall–Kier alpha value is -1.01. The summed E-state index contributed by atoms with van der Waals surface area (Å²) in [5, 5.41) is 3.33. The molecule has 3 nitrogen and oxygen atoms in total. The molecule has 0 aromatic rings. The standard InChI is InChI=1S/C12H20N2O/c1-3-6-12(15)14(9-4-2)11-7-5-8-13-10-11/h1,11,13H,4-10H2,2H3. The third-order valence-corrected chi connectivity index (χ3v) is 2.75. The molecule has 0 saturated carbocycles. The summed E-state index contributed by atoms with van der Waals surface area (Å²) in [6.07, 6.45) is 8.65. The number of nitrogens with zero attached hydrogens (tertiary/aromatic N) is 1. The van der Waals surface area contributed by atoms with Crippen molar-refractivity contribution >= 4 is 5.91 Å². The number of hydrogen-bond acceptors (Lipinski definition) is 2. The normalized spacial score (nSPS) is 20.7. The number of terminal acetylenes is 1. The lowest BCUT2D eigenvalue weighted by molar-refractivity contribution is -0.132. The van der Waals surface area contributed by atoms with E-state index in [2.05, 4.69) is 18.2 Å². The first-order valence-corrected chi connectivity index (χ1v) is 5.73. The second kappa shape index (κ2) is 6.47. The van der Waals surface area contributed by atoms with Gasteiger partial charge in [0.25, 0.3) is 0 Å². The number of piperidine rings is 1. The molecule has 3 heteroatoms. The predicted molar refractivity (Wildman–Crippen MR) is 61.3 cm³/mol. The summed E-state index contributed by atoms with van der Waals surface area (Å²) in [6, 6.07) is 0.347. The highest BCUT2D eigenvalue weighted by Crippen LogP contribution is 2.12. The molecule has 1 amide bonds. The number of carbonyl (C=O) groups excluding carboxylic acids is 1. The van der Waals surface area contributed by atoms with Crippen LogP contribution in [-0.4, -0.2) is 36.5 Å². The first-order valence-electron chi connectivity index (χ1n) is 5.73. The van der Waals surface area contributed by atoms with Gasteiger partial charge in [0.15, 0.2) is 0 Å². The molecule has 0 radical (unpaired) electrons. The zero-order valence-corrected chi connectivity index (χ0v) is 9.46. The van der Waals surface area contributed by atoms with Crippen molar-refractivity contribution in [2.45, 2.75) is 38.6 Å². The highest BCUT2D eigenvalue weighted by atomic mass is 16.2. The van der Waals surface area contributed by atoms with Gasteiger partial charge in [-0.05, 0) is 25.8 Å². The van der Waals surface area contributed by atoms with Crippen molar-refractivity contribution in [2.75, 3.05) is 19.6 Å². The largest absolute Gasteiger partial charge is 0.338 e. The smallest absolute Gasteiger partial charge is 0.234 e. The second-order valence-electron chi connectivity index (χ2n) is 3.97. The molecule has 0 aromatic heterocycles. The van der Waals surface area contributed by atoms with Crippen LogP contribution in [0.15, 0.2) is 0 Å². The lowest BCUT2D eigenvalue weighted by atomic mass is 10.1. The molecule has 1 atom stereocenters. The summed E-state index contributed by atoms with van der Waals surface area (Å²) in [5.41, 5.74) is 0. The molecule has 0 spiro atoms. The van der Waals surface area contributed by atoms with Crippen molar-refractivity contribution in [1.29, 1.82) is 0 Å². The summed E-state index contributed by atoms with van der Waals surface area (Å²) in [7, 11) is 0. The van der Waals surface area contributed by atoms with Crippen LogP contribution in [0.3, 0.4) is 0 Å². The van der Waals surface area contributed by atoms with E-state index in [4.69, 9.17) is 6.42 Å². The van der Waals surface area contributed by atoms with Crippen LogP contribution in [-0.2, 0) is 4.79 Å². The molecule has 1 unspecified atom stereocenters. The number of hydrogen-bond donors (Lipinski definition) is 1. The van der Waals surface area contributed by atoms with Crippen molar-refractivity contribution in [3.8, 4) is 12.3 Å². The summed E-state index contributed by atoms with van der Waals surface area (Å²) >= 11 is 0. The molecule has 1 saturated heterocycles. The van der Waals surface area contributed by atoms with Gasteiger partial charge in [-0.15, -0.1) is 6.42 Å². The summed E-state index contributed by atoms with van der Waals surface area (Å²) < 4.78 is 0. The SMILES string of the molecule is C#CCC(=O)N(CCC)C1CCCNC1. The van der Waals surface area contributed by atoms with Crippen LogP contribution in [0, 0.1) is 12.3 Å². The summed E-state index contributed by atoms with van der Waals surface area (Å²) in [5.74, 6) is 2.54. The molecular weight excluding hydrogens is 188 g/mol. The molecule has 84 valence electrons. The zero-order chi connectivity index (χ0) is 11.1. The number of nitrogens with one attached hydrogen (secondary N) is 1. The fourth-order valence-corrected chi connectivity index (χ4v) is 2.04. The van der Waals surface area contributed by atoms with Crippen LogP contribution in [0.25, 0.3) is 0 Å². The van der Waals surface area contributed by atoms with Gasteiger partial charge >= 0.3 is 0 Å². The van der Waals surface area contributed by atoms with Gasteiger partial charge in [0.05, 0.1) is 6.42 Å². The summed E-state index contributed by atoms with van der Waals surface area (Å²) in [4.78, 5) is 13.7. The zero-order valence-electron chi connectivity index (χ0n) is 9.46. The van der Waals surface area contributed by atoms with Crippen LogP contribution in [0.4, 0.5) is 0 Å². The Balaban J connectivity index is 2.55. The Morgan fingerprint density at radius 2 is 2.47 bits per heavy atom. The van der Waals surface area contributed by atoms with Gasteiger partial charge in [-0.25, -0.2) is 0 Å². The number of amides is 1. The number of rotatable bonds is 4. The van der Waals surface area contributed by atoms with Crippen LogP contribution in [0.2, 0.25) is 0 Å². The molecule has 1 N–H and O–H groups in total. The van der Waals surface area contributed by atoms with Gasteiger partial charge in [0, 0.05) is 19.1 Å². The van der Waals surface area contributed by atoms with E-state index in [1.807, 2.05) is 4.90 Å². The van der Waals surface area contributed by atoms with E-state index in [-0.39, 0.29) is 12.3 Å². The van der Waals surface area contributed by atoms with Crippen LogP contribution in [0.1, 0.15) is 32.6 Å². The Bertz CT molecular complexity index is 238. The van der Waals surface area contributed by atoms with E-state index >= 15 is 0 Å². The second-order valence-corrected chi connectivity index (χ2v) is 3.97. The highest BCUT2D eigenvalue weighted by Gasteiger charge is 2.23. The van der Waals surface area contributed by atoms with E-state index < -0.39 is 0 Å². The minimum Gasteiger partial charge on any atom is -0.338 e. The molecule has 15 heavy (non-hydrogen) atoms. The van der Waals surface area contributed by atoms with Gasteiger partial charge in [0.2, 0.25) is 5.91 Å². The van der Waals surface area contributed by atoms with Gasteiger partial charge in [0.1, 0.15) is 0 Å².